The molecule has 31 heavy (non-hydrogen) atoms. The number of H-pyrrole nitrogens is 1. The number of rotatable bonds is 9. The number of allylic oxidation sites excluding steroid dienone is 1. The summed E-state index contributed by atoms with van der Waals surface area (Å²) in [6.45, 7) is 4.62. The van der Waals surface area contributed by atoms with E-state index in [1.165, 1.54) is 11.8 Å². The van der Waals surface area contributed by atoms with Crippen molar-refractivity contribution in [2.45, 2.75) is 24.1 Å². The summed E-state index contributed by atoms with van der Waals surface area (Å²) in [4.78, 5) is 19.6. The SMILES string of the molecule is C=CCn1c(COc2ccc(OC)cc2)nnc1SCc1nc2ccccc2c(=O)[nH]1. The lowest BCUT2D eigenvalue weighted by atomic mass is 10.2. The molecule has 9 heteroatoms. The molecule has 2 heterocycles. The molecule has 0 unspecified atom stereocenters. The van der Waals surface area contributed by atoms with Gasteiger partial charge in [-0.3, -0.25) is 9.36 Å². The van der Waals surface area contributed by atoms with Gasteiger partial charge in [-0.25, -0.2) is 4.98 Å². The number of hydrogen-bond donors (Lipinski definition) is 1. The Kier molecular flexibility index (Phi) is 6.32. The van der Waals surface area contributed by atoms with Crippen molar-refractivity contribution < 1.29 is 9.47 Å². The Bertz CT molecular complexity index is 1250. The van der Waals surface area contributed by atoms with E-state index in [1.807, 2.05) is 47.0 Å². The molecule has 2 aromatic carbocycles. The number of benzene rings is 2. The van der Waals surface area contributed by atoms with Crippen LogP contribution in [0.1, 0.15) is 11.6 Å². The number of thioether (sulfide) groups is 1. The monoisotopic (exact) mass is 435 g/mol. The van der Waals surface area contributed by atoms with E-state index in [9.17, 15) is 4.79 Å². The van der Waals surface area contributed by atoms with E-state index in [4.69, 9.17) is 9.47 Å². The molecule has 0 fully saturated rings. The molecule has 8 nitrogen and oxygen atoms in total. The van der Waals surface area contributed by atoms with Crippen LogP contribution in [0.25, 0.3) is 10.9 Å². The lowest BCUT2D eigenvalue weighted by Crippen LogP contribution is -2.11. The summed E-state index contributed by atoms with van der Waals surface area (Å²) in [6.07, 6.45) is 1.78. The summed E-state index contributed by atoms with van der Waals surface area (Å²) in [5, 5.41) is 9.82. The van der Waals surface area contributed by atoms with Crippen LogP contribution < -0.4 is 15.0 Å². The number of nitrogens with one attached hydrogen (secondary N) is 1. The van der Waals surface area contributed by atoms with E-state index in [1.54, 1.807) is 19.3 Å². The highest BCUT2D eigenvalue weighted by Gasteiger charge is 2.14. The summed E-state index contributed by atoms with van der Waals surface area (Å²) in [6, 6.07) is 14.6. The Hall–Kier alpha value is -3.59. The minimum Gasteiger partial charge on any atom is -0.497 e. The highest BCUT2D eigenvalue weighted by Crippen LogP contribution is 2.22. The third-order valence-electron chi connectivity index (χ3n) is 4.53. The summed E-state index contributed by atoms with van der Waals surface area (Å²) < 4.78 is 12.9. The van der Waals surface area contributed by atoms with Gasteiger partial charge in [0.2, 0.25) is 0 Å². The van der Waals surface area contributed by atoms with Crippen LogP contribution >= 0.6 is 11.8 Å². The summed E-state index contributed by atoms with van der Waals surface area (Å²) >= 11 is 1.44. The Morgan fingerprint density at radius 3 is 2.68 bits per heavy atom. The third-order valence-corrected chi connectivity index (χ3v) is 5.51. The molecule has 1 N–H and O–H groups in total. The van der Waals surface area contributed by atoms with Gasteiger partial charge in [0, 0.05) is 6.54 Å². The molecule has 0 saturated carbocycles. The zero-order valence-electron chi connectivity index (χ0n) is 16.9. The second-order valence-corrected chi connectivity index (χ2v) is 7.52. The first-order valence-electron chi connectivity index (χ1n) is 9.58. The molecule has 0 aliphatic carbocycles. The number of para-hydroxylation sites is 1. The number of aromatic amines is 1. The molecule has 0 saturated heterocycles. The maximum absolute atomic E-state index is 12.3. The smallest absolute Gasteiger partial charge is 0.258 e. The Morgan fingerprint density at radius 1 is 1.13 bits per heavy atom. The van der Waals surface area contributed by atoms with Gasteiger partial charge in [0.1, 0.15) is 23.9 Å². The van der Waals surface area contributed by atoms with Crippen molar-refractivity contribution >= 4 is 22.7 Å². The Balaban J connectivity index is 1.47. The van der Waals surface area contributed by atoms with Gasteiger partial charge in [-0.1, -0.05) is 30.0 Å². The molecular formula is C22H21N5O3S. The fraction of sp³-hybridized carbons (Fsp3) is 0.182. The largest absolute Gasteiger partial charge is 0.497 e. The van der Waals surface area contributed by atoms with E-state index < -0.39 is 0 Å². The maximum Gasteiger partial charge on any atom is 0.258 e. The van der Waals surface area contributed by atoms with E-state index in [2.05, 4.69) is 26.7 Å². The van der Waals surface area contributed by atoms with Crippen molar-refractivity contribution in [3.05, 3.63) is 83.2 Å². The van der Waals surface area contributed by atoms with Crippen LogP contribution in [0.4, 0.5) is 0 Å². The van der Waals surface area contributed by atoms with Gasteiger partial charge in [-0.05, 0) is 36.4 Å². The standard InChI is InChI=1S/C22H21N5O3S/c1-3-12-27-20(13-30-16-10-8-15(29-2)9-11-16)25-26-22(27)31-14-19-23-18-7-5-4-6-17(18)21(28)24-19/h3-11H,1,12-14H2,2H3,(H,23,24,28). The zero-order valence-corrected chi connectivity index (χ0v) is 17.8. The van der Waals surface area contributed by atoms with E-state index in [-0.39, 0.29) is 12.2 Å². The van der Waals surface area contributed by atoms with Gasteiger partial charge in [0.15, 0.2) is 11.0 Å². The van der Waals surface area contributed by atoms with E-state index >= 15 is 0 Å². The number of nitrogens with zero attached hydrogens (tertiary/aromatic N) is 4. The summed E-state index contributed by atoms with van der Waals surface area (Å²) in [5.41, 5.74) is 0.519. The second kappa shape index (κ2) is 9.48. The zero-order chi connectivity index (χ0) is 21.6. The summed E-state index contributed by atoms with van der Waals surface area (Å²) in [5.74, 6) is 3.19. The van der Waals surface area contributed by atoms with Gasteiger partial charge >= 0.3 is 0 Å². The van der Waals surface area contributed by atoms with Crippen LogP contribution in [0, 0.1) is 0 Å². The molecule has 158 valence electrons. The topological polar surface area (TPSA) is 94.9 Å². The minimum atomic E-state index is -0.151. The highest BCUT2D eigenvalue weighted by atomic mass is 32.2. The fourth-order valence-corrected chi connectivity index (χ4v) is 3.84. The average Bonchev–Trinajstić information content (AvgIpc) is 3.18. The second-order valence-electron chi connectivity index (χ2n) is 6.58. The molecule has 0 bridgehead atoms. The van der Waals surface area contributed by atoms with Gasteiger partial charge in [0.25, 0.3) is 5.56 Å². The van der Waals surface area contributed by atoms with Gasteiger partial charge in [-0.2, -0.15) is 0 Å². The van der Waals surface area contributed by atoms with Crippen LogP contribution in [0.3, 0.4) is 0 Å². The van der Waals surface area contributed by atoms with E-state index in [0.29, 0.717) is 45.8 Å². The lowest BCUT2D eigenvalue weighted by molar-refractivity contribution is 0.288. The van der Waals surface area contributed by atoms with Crippen molar-refractivity contribution in [2.24, 2.45) is 0 Å². The number of fused-ring (bicyclic) bond motifs is 1. The molecule has 4 rings (SSSR count). The molecule has 0 aliphatic heterocycles. The van der Waals surface area contributed by atoms with Crippen molar-refractivity contribution in [1.29, 1.82) is 0 Å². The quantitative estimate of drug-likeness (QED) is 0.317. The molecule has 0 amide bonds. The maximum atomic E-state index is 12.3. The van der Waals surface area contributed by atoms with Crippen LogP contribution in [-0.2, 0) is 18.9 Å². The first-order chi connectivity index (χ1) is 15.2. The van der Waals surface area contributed by atoms with Crippen molar-refractivity contribution in [3.63, 3.8) is 0 Å². The lowest BCUT2D eigenvalue weighted by Gasteiger charge is -2.09. The predicted molar refractivity (Wildman–Crippen MR) is 119 cm³/mol. The molecule has 0 aliphatic rings. The number of methoxy groups -OCH3 is 1. The van der Waals surface area contributed by atoms with Gasteiger partial charge < -0.3 is 14.5 Å². The minimum absolute atomic E-state index is 0.151. The number of ether oxygens (including phenoxy) is 2. The van der Waals surface area contributed by atoms with Crippen LogP contribution in [0.15, 0.2) is 71.1 Å². The van der Waals surface area contributed by atoms with Gasteiger partial charge in [0.05, 0.1) is 23.8 Å². The van der Waals surface area contributed by atoms with Crippen LogP contribution in [0.5, 0.6) is 11.5 Å². The Morgan fingerprint density at radius 2 is 1.90 bits per heavy atom. The van der Waals surface area contributed by atoms with Crippen molar-refractivity contribution in [3.8, 4) is 11.5 Å². The molecule has 0 spiro atoms. The number of aromatic nitrogens is 5. The van der Waals surface area contributed by atoms with Crippen LogP contribution in [0.2, 0.25) is 0 Å². The highest BCUT2D eigenvalue weighted by molar-refractivity contribution is 7.98. The first-order valence-corrected chi connectivity index (χ1v) is 10.6. The van der Waals surface area contributed by atoms with Gasteiger partial charge in [-0.15, -0.1) is 16.8 Å². The first kappa shape index (κ1) is 20.7. The van der Waals surface area contributed by atoms with Crippen molar-refractivity contribution in [1.82, 2.24) is 24.7 Å². The van der Waals surface area contributed by atoms with Crippen LogP contribution in [-0.4, -0.2) is 31.8 Å². The third kappa shape index (κ3) is 4.77. The average molecular weight is 436 g/mol. The Labute approximate surface area is 183 Å². The fourth-order valence-electron chi connectivity index (χ4n) is 3.00. The molecule has 0 radical (unpaired) electrons. The van der Waals surface area contributed by atoms with E-state index in [0.717, 1.165) is 5.75 Å². The van der Waals surface area contributed by atoms with Crippen molar-refractivity contribution in [2.75, 3.05) is 7.11 Å². The molecular weight excluding hydrogens is 414 g/mol. The number of hydrogen-bond acceptors (Lipinski definition) is 7. The molecule has 2 aromatic heterocycles. The normalized spacial score (nSPS) is 10.9. The predicted octanol–water partition coefficient (Wildman–Crippen LogP) is 3.58. The molecule has 0 atom stereocenters. The molecule has 4 aromatic rings. The summed E-state index contributed by atoms with van der Waals surface area (Å²) in [7, 11) is 1.62.